The van der Waals surface area contributed by atoms with E-state index in [1.807, 2.05) is 44.2 Å². The highest BCUT2D eigenvalue weighted by molar-refractivity contribution is 6.06. The van der Waals surface area contributed by atoms with Crippen LogP contribution in [0.25, 0.3) is 0 Å². The van der Waals surface area contributed by atoms with Crippen molar-refractivity contribution in [3.8, 4) is 0 Å². The molecular formula is C16H21N3O3. The van der Waals surface area contributed by atoms with Crippen molar-refractivity contribution in [1.29, 1.82) is 0 Å². The topological polar surface area (TPSA) is 78.5 Å². The van der Waals surface area contributed by atoms with Crippen molar-refractivity contribution < 1.29 is 14.4 Å². The maximum Gasteiger partial charge on any atom is 0.325 e. The highest BCUT2D eigenvalue weighted by Crippen LogP contribution is 2.13. The van der Waals surface area contributed by atoms with E-state index in [1.54, 1.807) is 0 Å². The van der Waals surface area contributed by atoms with Crippen LogP contribution in [0.1, 0.15) is 25.8 Å². The van der Waals surface area contributed by atoms with Crippen molar-refractivity contribution in [2.75, 3.05) is 6.54 Å². The largest absolute Gasteiger partial charge is 0.350 e. The molecule has 2 N–H and O–H groups in total. The molecule has 1 fully saturated rings. The molecule has 0 radical (unpaired) electrons. The number of hydrogen-bond acceptors (Lipinski definition) is 3. The molecule has 0 spiro atoms. The quantitative estimate of drug-likeness (QED) is 0.777. The summed E-state index contributed by atoms with van der Waals surface area (Å²) in [7, 11) is 0. The molecule has 0 unspecified atom stereocenters. The van der Waals surface area contributed by atoms with Crippen LogP contribution in [-0.2, 0) is 16.1 Å². The molecule has 0 aromatic heterocycles. The first-order valence-electron chi connectivity index (χ1n) is 7.40. The van der Waals surface area contributed by atoms with E-state index >= 15 is 0 Å². The van der Waals surface area contributed by atoms with Gasteiger partial charge in [-0.15, -0.1) is 0 Å². The van der Waals surface area contributed by atoms with E-state index in [4.69, 9.17) is 0 Å². The molecule has 2 rings (SSSR count). The minimum atomic E-state index is -0.519. The first-order chi connectivity index (χ1) is 10.5. The number of hydrogen-bond donors (Lipinski definition) is 2. The number of carbonyl (C=O) groups excluding carboxylic acids is 3. The van der Waals surface area contributed by atoms with Crippen LogP contribution < -0.4 is 10.6 Å². The predicted octanol–water partition coefficient (Wildman–Crippen LogP) is 1.27. The van der Waals surface area contributed by atoms with Gasteiger partial charge in [0.2, 0.25) is 5.91 Å². The SMILES string of the molecule is CC(C)C[C@@H]1NC(=O)N(CC(=O)NCc2ccccc2)C1=O. The second-order valence-corrected chi connectivity index (χ2v) is 5.82. The number of carbonyl (C=O) groups is 3. The lowest BCUT2D eigenvalue weighted by molar-refractivity contribution is -0.132. The summed E-state index contributed by atoms with van der Waals surface area (Å²) in [4.78, 5) is 36.8. The van der Waals surface area contributed by atoms with Crippen molar-refractivity contribution >= 4 is 17.8 Å². The van der Waals surface area contributed by atoms with Crippen LogP contribution >= 0.6 is 0 Å². The second-order valence-electron chi connectivity index (χ2n) is 5.82. The van der Waals surface area contributed by atoms with Gasteiger partial charge in [0.1, 0.15) is 12.6 Å². The molecule has 0 bridgehead atoms. The monoisotopic (exact) mass is 303 g/mol. The van der Waals surface area contributed by atoms with E-state index < -0.39 is 12.1 Å². The molecule has 1 aromatic carbocycles. The first-order valence-corrected chi connectivity index (χ1v) is 7.40. The van der Waals surface area contributed by atoms with Crippen LogP contribution in [-0.4, -0.2) is 35.3 Å². The van der Waals surface area contributed by atoms with Gasteiger partial charge in [-0.25, -0.2) is 4.79 Å². The Morgan fingerprint density at radius 3 is 2.59 bits per heavy atom. The minimum Gasteiger partial charge on any atom is -0.350 e. The van der Waals surface area contributed by atoms with Crippen molar-refractivity contribution in [3.63, 3.8) is 0 Å². The summed E-state index contributed by atoms with van der Waals surface area (Å²) in [6.45, 7) is 4.09. The Labute approximate surface area is 129 Å². The van der Waals surface area contributed by atoms with Gasteiger partial charge in [0.05, 0.1) is 0 Å². The summed E-state index contributed by atoms with van der Waals surface area (Å²) in [6, 6.07) is 8.44. The molecule has 6 heteroatoms. The Morgan fingerprint density at radius 1 is 1.27 bits per heavy atom. The normalized spacial score (nSPS) is 17.8. The molecule has 1 atom stereocenters. The lowest BCUT2D eigenvalue weighted by Crippen LogP contribution is -2.41. The summed E-state index contributed by atoms with van der Waals surface area (Å²) in [5, 5.41) is 5.33. The van der Waals surface area contributed by atoms with Gasteiger partial charge >= 0.3 is 6.03 Å². The van der Waals surface area contributed by atoms with Crippen LogP contribution in [0.2, 0.25) is 0 Å². The maximum atomic E-state index is 12.1. The molecule has 1 saturated heterocycles. The summed E-state index contributed by atoms with van der Waals surface area (Å²) < 4.78 is 0. The standard InChI is InChI=1S/C16H21N3O3/c1-11(2)8-13-15(21)19(16(22)18-13)10-14(20)17-9-12-6-4-3-5-7-12/h3-7,11,13H,8-10H2,1-2H3,(H,17,20)(H,18,22)/t13-/m0/s1. The highest BCUT2D eigenvalue weighted by atomic mass is 16.2. The van der Waals surface area contributed by atoms with Crippen molar-refractivity contribution in [2.45, 2.75) is 32.9 Å². The van der Waals surface area contributed by atoms with Crippen molar-refractivity contribution in [3.05, 3.63) is 35.9 Å². The third-order valence-corrected chi connectivity index (χ3v) is 3.45. The zero-order valence-corrected chi connectivity index (χ0v) is 12.8. The van der Waals surface area contributed by atoms with Crippen LogP contribution in [0, 0.1) is 5.92 Å². The summed E-state index contributed by atoms with van der Waals surface area (Å²) in [5.41, 5.74) is 0.964. The Hall–Kier alpha value is -2.37. The van der Waals surface area contributed by atoms with Gasteiger partial charge in [-0.2, -0.15) is 0 Å². The van der Waals surface area contributed by atoms with Gasteiger partial charge in [-0.3, -0.25) is 14.5 Å². The van der Waals surface area contributed by atoms with Gasteiger partial charge in [0.25, 0.3) is 5.91 Å². The second kappa shape index (κ2) is 7.06. The Balaban J connectivity index is 1.86. The van der Waals surface area contributed by atoms with Crippen molar-refractivity contribution in [2.24, 2.45) is 5.92 Å². The van der Waals surface area contributed by atoms with E-state index in [0.717, 1.165) is 10.5 Å². The van der Waals surface area contributed by atoms with Crippen LogP contribution in [0.15, 0.2) is 30.3 Å². The number of nitrogens with zero attached hydrogens (tertiary/aromatic N) is 1. The molecule has 118 valence electrons. The third kappa shape index (κ3) is 4.07. The number of imide groups is 1. The third-order valence-electron chi connectivity index (χ3n) is 3.45. The molecule has 0 aliphatic carbocycles. The molecule has 0 saturated carbocycles. The van der Waals surface area contributed by atoms with Crippen LogP contribution in [0.3, 0.4) is 0 Å². The predicted molar refractivity (Wildman–Crippen MR) is 81.8 cm³/mol. The zero-order valence-electron chi connectivity index (χ0n) is 12.8. The molecule has 22 heavy (non-hydrogen) atoms. The fourth-order valence-corrected chi connectivity index (χ4v) is 2.35. The van der Waals surface area contributed by atoms with Gasteiger partial charge in [-0.05, 0) is 17.9 Å². The van der Waals surface area contributed by atoms with E-state index in [9.17, 15) is 14.4 Å². The zero-order chi connectivity index (χ0) is 16.1. The molecule has 1 aromatic rings. The van der Waals surface area contributed by atoms with E-state index in [1.165, 1.54) is 0 Å². The highest BCUT2D eigenvalue weighted by Gasteiger charge is 2.38. The summed E-state index contributed by atoms with van der Waals surface area (Å²) >= 11 is 0. The molecule has 1 aliphatic heterocycles. The molecule has 6 nitrogen and oxygen atoms in total. The van der Waals surface area contributed by atoms with Gasteiger partial charge in [0, 0.05) is 6.54 Å². The Morgan fingerprint density at radius 2 is 1.95 bits per heavy atom. The van der Waals surface area contributed by atoms with Gasteiger partial charge < -0.3 is 10.6 Å². The number of nitrogens with one attached hydrogen (secondary N) is 2. The van der Waals surface area contributed by atoms with E-state index in [2.05, 4.69) is 10.6 Å². The minimum absolute atomic E-state index is 0.244. The lowest BCUT2D eigenvalue weighted by Gasteiger charge is -2.13. The van der Waals surface area contributed by atoms with E-state index in [-0.39, 0.29) is 18.4 Å². The Bertz CT molecular complexity index is 557. The summed E-state index contributed by atoms with van der Waals surface area (Å²) in [6.07, 6.45) is 0.576. The lowest BCUT2D eigenvalue weighted by atomic mass is 10.0. The average molecular weight is 303 g/mol. The Kier molecular flexibility index (Phi) is 5.14. The van der Waals surface area contributed by atoms with Crippen LogP contribution in [0.5, 0.6) is 0 Å². The fraction of sp³-hybridized carbons (Fsp3) is 0.438. The number of amides is 4. The smallest absolute Gasteiger partial charge is 0.325 e. The van der Waals surface area contributed by atoms with E-state index in [0.29, 0.717) is 18.9 Å². The van der Waals surface area contributed by atoms with Gasteiger partial charge in [-0.1, -0.05) is 44.2 Å². The molecule has 1 aliphatic rings. The number of urea groups is 1. The average Bonchev–Trinajstić information content (AvgIpc) is 2.73. The molecule has 4 amide bonds. The number of rotatable bonds is 6. The maximum absolute atomic E-state index is 12.1. The van der Waals surface area contributed by atoms with Crippen molar-refractivity contribution in [1.82, 2.24) is 15.5 Å². The first kappa shape index (κ1) is 16.0. The fourth-order valence-electron chi connectivity index (χ4n) is 2.35. The van der Waals surface area contributed by atoms with Crippen LogP contribution in [0.4, 0.5) is 4.79 Å². The summed E-state index contributed by atoms with van der Waals surface area (Å²) in [5.74, 6) is -0.382. The number of benzene rings is 1. The molecular weight excluding hydrogens is 282 g/mol. The molecule has 1 heterocycles. The van der Waals surface area contributed by atoms with Gasteiger partial charge in [0.15, 0.2) is 0 Å².